The average Bonchev–Trinajstić information content (AvgIpc) is 2.77. The number of amides is 2. The zero-order valence-corrected chi connectivity index (χ0v) is 16.5. The van der Waals surface area contributed by atoms with Crippen molar-refractivity contribution in [3.8, 4) is 0 Å². The molecular weight excluding hydrogens is 372 g/mol. The van der Waals surface area contributed by atoms with Crippen LogP contribution >= 0.6 is 11.8 Å². The van der Waals surface area contributed by atoms with Crippen LogP contribution in [0.3, 0.4) is 0 Å². The Kier molecular flexibility index (Phi) is 5.92. The molecule has 0 aliphatic carbocycles. The number of pyridine rings is 1. The molecule has 6 nitrogen and oxygen atoms in total. The minimum Gasteiger partial charge on any atom is -0.333 e. The minimum absolute atomic E-state index is 0.0224. The van der Waals surface area contributed by atoms with Gasteiger partial charge in [0, 0.05) is 62.1 Å². The summed E-state index contributed by atoms with van der Waals surface area (Å²) in [6, 6.07) is 11.8. The van der Waals surface area contributed by atoms with Crippen LogP contribution in [0.25, 0.3) is 0 Å². The molecule has 1 saturated heterocycles. The third-order valence-electron chi connectivity index (χ3n) is 5.22. The van der Waals surface area contributed by atoms with Crippen LogP contribution in [-0.4, -0.2) is 53.6 Å². The van der Waals surface area contributed by atoms with Gasteiger partial charge in [-0.05, 0) is 23.8 Å². The number of nitrogens with one attached hydrogen (secondary N) is 1. The van der Waals surface area contributed by atoms with Crippen molar-refractivity contribution < 1.29 is 9.59 Å². The van der Waals surface area contributed by atoms with Crippen molar-refractivity contribution in [1.82, 2.24) is 15.2 Å². The maximum atomic E-state index is 12.9. The number of anilines is 1. The van der Waals surface area contributed by atoms with Gasteiger partial charge >= 0.3 is 0 Å². The predicted octanol–water partition coefficient (Wildman–Crippen LogP) is 2.47. The van der Waals surface area contributed by atoms with Gasteiger partial charge in [-0.1, -0.05) is 18.2 Å². The zero-order valence-electron chi connectivity index (χ0n) is 15.7. The monoisotopic (exact) mass is 396 g/mol. The molecule has 0 spiro atoms. The fraction of sp³-hybridized carbons (Fsp3) is 0.381. The standard InChI is InChI=1S/C21H24N4O2S/c26-20(24-11-10-23-15-18(24)16-4-3-9-22-14-16)7-8-21(27)25-12-13-28-19-6-2-1-5-17(19)25/h1-6,9,14,18,23H,7-8,10-13,15H2. The summed E-state index contributed by atoms with van der Waals surface area (Å²) in [5.74, 6) is 0.940. The van der Waals surface area contributed by atoms with Crippen LogP contribution in [-0.2, 0) is 9.59 Å². The summed E-state index contributed by atoms with van der Waals surface area (Å²) in [6.45, 7) is 2.83. The van der Waals surface area contributed by atoms with Gasteiger partial charge < -0.3 is 15.1 Å². The Bertz CT molecular complexity index is 845. The third-order valence-corrected chi connectivity index (χ3v) is 6.26. The van der Waals surface area contributed by atoms with E-state index in [2.05, 4.69) is 10.3 Å². The zero-order chi connectivity index (χ0) is 19.3. The van der Waals surface area contributed by atoms with Gasteiger partial charge in [-0.25, -0.2) is 0 Å². The van der Waals surface area contributed by atoms with E-state index in [-0.39, 0.29) is 30.7 Å². The van der Waals surface area contributed by atoms with Gasteiger partial charge in [-0.15, -0.1) is 11.8 Å². The van der Waals surface area contributed by atoms with E-state index in [1.54, 1.807) is 18.0 Å². The maximum absolute atomic E-state index is 12.9. The summed E-state index contributed by atoms with van der Waals surface area (Å²) in [7, 11) is 0. The Morgan fingerprint density at radius 1 is 1.11 bits per heavy atom. The van der Waals surface area contributed by atoms with Crippen LogP contribution in [0, 0.1) is 0 Å². The molecular formula is C21H24N4O2S. The van der Waals surface area contributed by atoms with E-state index < -0.39 is 0 Å². The van der Waals surface area contributed by atoms with Gasteiger partial charge in [0.1, 0.15) is 0 Å². The summed E-state index contributed by atoms with van der Waals surface area (Å²) in [5, 5.41) is 3.35. The van der Waals surface area contributed by atoms with Gasteiger partial charge in [-0.3, -0.25) is 14.6 Å². The Morgan fingerprint density at radius 2 is 1.96 bits per heavy atom. The van der Waals surface area contributed by atoms with Crippen LogP contribution in [0.15, 0.2) is 53.7 Å². The highest BCUT2D eigenvalue weighted by atomic mass is 32.2. The molecule has 2 aromatic rings. The number of hydrogen-bond donors (Lipinski definition) is 1. The Balaban J connectivity index is 1.40. The van der Waals surface area contributed by atoms with Crippen LogP contribution in [0.4, 0.5) is 5.69 Å². The van der Waals surface area contributed by atoms with Crippen molar-refractivity contribution in [3.05, 3.63) is 54.4 Å². The van der Waals surface area contributed by atoms with Crippen molar-refractivity contribution in [3.63, 3.8) is 0 Å². The first-order chi connectivity index (χ1) is 13.7. The van der Waals surface area contributed by atoms with E-state index in [4.69, 9.17) is 0 Å². The second-order valence-corrected chi connectivity index (χ2v) is 8.09. The lowest BCUT2D eigenvalue weighted by Gasteiger charge is -2.36. The van der Waals surface area contributed by atoms with E-state index in [0.29, 0.717) is 19.6 Å². The molecule has 2 aliphatic rings. The first-order valence-electron chi connectivity index (χ1n) is 9.66. The quantitative estimate of drug-likeness (QED) is 0.860. The Labute approximate surface area is 169 Å². The second kappa shape index (κ2) is 8.75. The van der Waals surface area contributed by atoms with Gasteiger partial charge in [0.05, 0.1) is 11.7 Å². The van der Waals surface area contributed by atoms with Gasteiger partial charge in [0.15, 0.2) is 0 Å². The number of carbonyl (C=O) groups excluding carboxylic acids is 2. The summed E-state index contributed by atoms with van der Waals surface area (Å²) in [6.07, 6.45) is 4.02. The molecule has 28 heavy (non-hydrogen) atoms. The first kappa shape index (κ1) is 19.0. The molecule has 0 radical (unpaired) electrons. The van der Waals surface area contributed by atoms with Crippen LogP contribution in [0.5, 0.6) is 0 Å². The molecule has 1 aromatic carbocycles. The topological polar surface area (TPSA) is 65.5 Å². The summed E-state index contributed by atoms with van der Waals surface area (Å²) >= 11 is 1.77. The number of aromatic nitrogens is 1. The molecule has 0 bridgehead atoms. The molecule has 1 aromatic heterocycles. The van der Waals surface area contributed by atoms with E-state index in [9.17, 15) is 9.59 Å². The number of fused-ring (bicyclic) bond motifs is 1. The Hall–Kier alpha value is -2.38. The normalized spacial score (nSPS) is 19.2. The smallest absolute Gasteiger partial charge is 0.227 e. The Morgan fingerprint density at radius 3 is 2.82 bits per heavy atom. The van der Waals surface area contributed by atoms with Crippen molar-refractivity contribution in [1.29, 1.82) is 0 Å². The van der Waals surface area contributed by atoms with Crippen molar-refractivity contribution in [2.24, 2.45) is 0 Å². The molecule has 4 rings (SSSR count). The van der Waals surface area contributed by atoms with E-state index in [1.807, 2.05) is 52.4 Å². The molecule has 3 heterocycles. The van der Waals surface area contributed by atoms with Gasteiger partial charge in [-0.2, -0.15) is 0 Å². The van der Waals surface area contributed by atoms with Crippen LogP contribution in [0.1, 0.15) is 24.4 Å². The molecule has 0 saturated carbocycles. The fourth-order valence-corrected chi connectivity index (χ4v) is 4.79. The highest BCUT2D eigenvalue weighted by Gasteiger charge is 2.29. The number of rotatable bonds is 4. The van der Waals surface area contributed by atoms with Crippen molar-refractivity contribution >= 4 is 29.3 Å². The number of hydrogen-bond acceptors (Lipinski definition) is 5. The summed E-state index contributed by atoms with van der Waals surface area (Å²) < 4.78 is 0. The van der Waals surface area contributed by atoms with Crippen LogP contribution in [0.2, 0.25) is 0 Å². The highest BCUT2D eigenvalue weighted by molar-refractivity contribution is 7.99. The van der Waals surface area contributed by atoms with Crippen molar-refractivity contribution in [2.45, 2.75) is 23.8 Å². The largest absolute Gasteiger partial charge is 0.333 e. The number of benzene rings is 1. The molecule has 7 heteroatoms. The molecule has 1 fully saturated rings. The predicted molar refractivity (Wildman–Crippen MR) is 110 cm³/mol. The molecule has 1 unspecified atom stereocenters. The van der Waals surface area contributed by atoms with E-state index in [0.717, 1.165) is 28.4 Å². The number of carbonyl (C=O) groups is 2. The highest BCUT2D eigenvalue weighted by Crippen LogP contribution is 2.34. The molecule has 1 atom stereocenters. The lowest BCUT2D eigenvalue weighted by Crippen LogP contribution is -2.49. The van der Waals surface area contributed by atoms with E-state index >= 15 is 0 Å². The minimum atomic E-state index is -0.0304. The van der Waals surface area contributed by atoms with Gasteiger partial charge in [0.25, 0.3) is 0 Å². The summed E-state index contributed by atoms with van der Waals surface area (Å²) in [5.41, 5.74) is 1.99. The molecule has 1 N–H and O–H groups in total. The first-order valence-corrected chi connectivity index (χ1v) is 10.6. The fourth-order valence-electron chi connectivity index (χ4n) is 3.79. The number of para-hydroxylation sites is 1. The SMILES string of the molecule is O=C(CCC(=O)N1CCNCC1c1cccnc1)N1CCSc2ccccc21. The lowest BCUT2D eigenvalue weighted by molar-refractivity contribution is -0.136. The van der Waals surface area contributed by atoms with Gasteiger partial charge in [0.2, 0.25) is 11.8 Å². The summed E-state index contributed by atoms with van der Waals surface area (Å²) in [4.78, 5) is 34.8. The third kappa shape index (κ3) is 4.05. The van der Waals surface area contributed by atoms with Crippen LogP contribution < -0.4 is 10.2 Å². The average molecular weight is 397 g/mol. The second-order valence-electron chi connectivity index (χ2n) is 6.95. The molecule has 2 amide bonds. The molecule has 146 valence electrons. The maximum Gasteiger partial charge on any atom is 0.227 e. The number of thioether (sulfide) groups is 1. The van der Waals surface area contributed by atoms with Crippen molar-refractivity contribution in [2.75, 3.05) is 36.8 Å². The number of piperazine rings is 1. The van der Waals surface area contributed by atoms with E-state index in [1.165, 1.54) is 0 Å². The number of nitrogens with zero attached hydrogens (tertiary/aromatic N) is 3. The molecule has 2 aliphatic heterocycles. The lowest BCUT2D eigenvalue weighted by atomic mass is 10.0.